The highest BCUT2D eigenvalue weighted by Crippen LogP contribution is 2.46. The molecule has 2 N–H and O–H groups in total. The van der Waals surface area contributed by atoms with Crippen molar-refractivity contribution in [2.24, 2.45) is 10.1 Å². The summed E-state index contributed by atoms with van der Waals surface area (Å²) in [7, 11) is 0. The Kier molecular flexibility index (Phi) is 4.48. The van der Waals surface area contributed by atoms with Gasteiger partial charge in [-0.3, -0.25) is 4.79 Å². The predicted molar refractivity (Wildman–Crippen MR) is 80.2 cm³/mol. The number of hydrogen-bond acceptors (Lipinski definition) is 4. The molecule has 0 aromatic heterocycles. The van der Waals surface area contributed by atoms with Crippen LogP contribution in [-0.4, -0.2) is 20.5 Å². The lowest BCUT2D eigenvalue weighted by Gasteiger charge is -2.23. The van der Waals surface area contributed by atoms with E-state index in [2.05, 4.69) is 4.40 Å². The number of nitrogens with two attached hydrogens (primary N) is 1. The zero-order chi connectivity index (χ0) is 13.2. The van der Waals surface area contributed by atoms with Gasteiger partial charge in [-0.2, -0.15) is 0 Å². The summed E-state index contributed by atoms with van der Waals surface area (Å²) in [6, 6.07) is 9.89. The molecule has 0 spiro atoms. The van der Waals surface area contributed by atoms with Gasteiger partial charge in [0.15, 0.2) is 4.87 Å². The Morgan fingerprint density at radius 3 is 2.78 bits per heavy atom. The molecular formula is C11H10Cl2N2OS2. The second-order valence-electron chi connectivity index (χ2n) is 3.69. The number of benzene rings is 1. The van der Waals surface area contributed by atoms with Gasteiger partial charge < -0.3 is 5.73 Å². The Balaban J connectivity index is 2.05. The molecule has 1 aromatic rings. The molecule has 0 saturated carbocycles. The number of thioether (sulfide) groups is 1. The van der Waals surface area contributed by atoms with Gasteiger partial charge in [0.05, 0.1) is 0 Å². The van der Waals surface area contributed by atoms with Crippen molar-refractivity contribution in [3.8, 4) is 0 Å². The molecule has 0 saturated heterocycles. The van der Waals surface area contributed by atoms with Gasteiger partial charge in [0.1, 0.15) is 9.75 Å². The van der Waals surface area contributed by atoms with Gasteiger partial charge in [0.25, 0.3) is 0 Å². The van der Waals surface area contributed by atoms with Crippen molar-refractivity contribution in [1.82, 2.24) is 0 Å². The maximum absolute atomic E-state index is 11.5. The van der Waals surface area contributed by atoms with Crippen molar-refractivity contribution < 1.29 is 4.79 Å². The third kappa shape index (κ3) is 2.64. The topological polar surface area (TPSA) is 55.5 Å². The Morgan fingerprint density at radius 2 is 2.17 bits per heavy atom. The normalized spacial score (nSPS) is 27.0. The minimum atomic E-state index is -1.40. The molecule has 3 nitrogen and oxygen atoms in total. The van der Waals surface area contributed by atoms with E-state index >= 15 is 0 Å². The molecular weight excluding hydrogens is 311 g/mol. The van der Waals surface area contributed by atoms with Crippen LogP contribution in [0, 0.1) is 0 Å². The molecule has 7 heteroatoms. The van der Waals surface area contributed by atoms with E-state index in [0.717, 1.165) is 11.3 Å². The smallest absolute Gasteiger partial charge is 0.247 e. The fourth-order valence-electron chi connectivity index (χ4n) is 1.44. The van der Waals surface area contributed by atoms with E-state index in [1.807, 2.05) is 30.3 Å². The quantitative estimate of drug-likeness (QED) is 0.685. The summed E-state index contributed by atoms with van der Waals surface area (Å²) in [5, 5.41) is 0.0622. The molecule has 0 aliphatic carbocycles. The molecule has 1 aliphatic heterocycles. The van der Waals surface area contributed by atoms with Gasteiger partial charge in [-0.1, -0.05) is 53.5 Å². The number of carbonyl (C=O) groups excluding carboxylic acids is 1. The van der Waals surface area contributed by atoms with Gasteiger partial charge >= 0.3 is 0 Å². The first-order chi connectivity index (χ1) is 8.55. The minimum absolute atomic E-state index is 0.0622. The number of carbonyl (C=O) groups is 1. The van der Waals surface area contributed by atoms with Crippen LogP contribution in [0.1, 0.15) is 5.56 Å². The van der Waals surface area contributed by atoms with E-state index < -0.39 is 10.8 Å². The van der Waals surface area contributed by atoms with Crippen molar-refractivity contribution in [3.05, 3.63) is 35.9 Å². The van der Waals surface area contributed by atoms with E-state index in [1.54, 1.807) is 0 Å². The third-order valence-corrected chi connectivity index (χ3v) is 6.53. The fraction of sp³-hybridized carbons (Fsp3) is 0.273. The summed E-state index contributed by atoms with van der Waals surface area (Å²) in [5.41, 5.74) is 6.47. The molecule has 18 heavy (non-hydrogen) atoms. The summed E-state index contributed by atoms with van der Waals surface area (Å²) in [6.45, 7) is 0. The van der Waals surface area contributed by atoms with E-state index in [-0.39, 0.29) is 9.75 Å². The second-order valence-corrected chi connectivity index (χ2v) is 6.90. The standard InChI is InChI=1S/C11H10Cl2N2OS2/c12-8-11(13,9(14)16)10(18-15-8)17-6-7-4-2-1-3-5-7/h1-5,10H,6H2,(H2,14,16). The first-order valence-corrected chi connectivity index (χ1v) is 7.73. The van der Waals surface area contributed by atoms with Gasteiger partial charge in [-0.15, -0.1) is 11.8 Å². The fourth-order valence-corrected chi connectivity index (χ4v) is 4.57. The van der Waals surface area contributed by atoms with Crippen LogP contribution in [-0.2, 0) is 10.5 Å². The first kappa shape index (κ1) is 14.1. The van der Waals surface area contributed by atoms with Crippen molar-refractivity contribution >= 4 is 58.0 Å². The molecule has 0 radical (unpaired) electrons. The van der Waals surface area contributed by atoms with Crippen molar-refractivity contribution in [1.29, 1.82) is 0 Å². The lowest BCUT2D eigenvalue weighted by Crippen LogP contribution is -2.47. The molecule has 0 fully saturated rings. The van der Waals surface area contributed by atoms with Gasteiger partial charge in [0, 0.05) is 5.75 Å². The van der Waals surface area contributed by atoms with Crippen LogP contribution in [0.4, 0.5) is 0 Å². The molecule has 1 amide bonds. The Bertz CT molecular complexity index is 483. The Morgan fingerprint density at radius 1 is 1.50 bits per heavy atom. The SMILES string of the molecule is NC(=O)C1(Cl)C(Cl)=NSC1SCc1ccccc1. The van der Waals surface area contributed by atoms with E-state index in [4.69, 9.17) is 28.9 Å². The van der Waals surface area contributed by atoms with E-state index in [1.165, 1.54) is 23.7 Å². The highest BCUT2D eigenvalue weighted by Gasteiger charge is 2.52. The summed E-state index contributed by atoms with van der Waals surface area (Å²) in [6.07, 6.45) is 0. The maximum Gasteiger partial charge on any atom is 0.247 e. The monoisotopic (exact) mass is 320 g/mol. The van der Waals surface area contributed by atoms with Gasteiger partial charge in [-0.05, 0) is 17.5 Å². The van der Waals surface area contributed by atoms with Gasteiger partial charge in [0.2, 0.25) is 5.91 Å². The summed E-state index contributed by atoms with van der Waals surface area (Å²) < 4.78 is 3.65. The Labute approximate surface area is 124 Å². The molecule has 1 heterocycles. The number of nitrogens with zero attached hydrogens (tertiary/aromatic N) is 1. The molecule has 1 aliphatic rings. The summed E-state index contributed by atoms with van der Waals surface area (Å²) in [5.74, 6) is 0.0634. The highest BCUT2D eigenvalue weighted by atomic mass is 35.5. The summed E-state index contributed by atoms with van der Waals surface area (Å²) in [4.78, 5) is 10.1. The first-order valence-electron chi connectivity index (χ1n) is 5.09. The maximum atomic E-state index is 11.5. The third-order valence-electron chi connectivity index (χ3n) is 2.46. The number of halogens is 2. The second kappa shape index (κ2) is 5.74. The van der Waals surface area contributed by atoms with Crippen LogP contribution >= 0.6 is 46.9 Å². The van der Waals surface area contributed by atoms with Crippen LogP contribution in [0.3, 0.4) is 0 Å². The number of amides is 1. The van der Waals surface area contributed by atoms with Crippen LogP contribution in [0.5, 0.6) is 0 Å². The molecule has 96 valence electrons. The lowest BCUT2D eigenvalue weighted by molar-refractivity contribution is -0.118. The molecule has 2 atom stereocenters. The zero-order valence-electron chi connectivity index (χ0n) is 9.18. The van der Waals surface area contributed by atoms with Crippen molar-refractivity contribution in [2.45, 2.75) is 15.2 Å². The Hall–Kier alpha value is -0.360. The van der Waals surface area contributed by atoms with Gasteiger partial charge in [-0.25, -0.2) is 4.40 Å². The average molecular weight is 321 g/mol. The minimum Gasteiger partial charge on any atom is -0.368 e. The number of rotatable bonds is 4. The highest BCUT2D eigenvalue weighted by molar-refractivity contribution is 8.16. The lowest BCUT2D eigenvalue weighted by atomic mass is 10.2. The van der Waals surface area contributed by atoms with Crippen LogP contribution in [0.2, 0.25) is 0 Å². The van der Waals surface area contributed by atoms with Crippen LogP contribution < -0.4 is 5.73 Å². The molecule has 2 unspecified atom stereocenters. The molecule has 1 aromatic carbocycles. The number of alkyl halides is 1. The summed E-state index contributed by atoms with van der Waals surface area (Å²) >= 11 is 14.8. The van der Waals surface area contributed by atoms with Crippen LogP contribution in [0.15, 0.2) is 34.7 Å². The average Bonchev–Trinajstić information content (AvgIpc) is 2.66. The zero-order valence-corrected chi connectivity index (χ0v) is 12.3. The van der Waals surface area contributed by atoms with Crippen molar-refractivity contribution in [2.75, 3.05) is 0 Å². The van der Waals surface area contributed by atoms with E-state index in [0.29, 0.717) is 0 Å². The predicted octanol–water partition coefficient (Wildman–Crippen LogP) is 3.01. The molecule has 0 bridgehead atoms. The molecule has 2 rings (SSSR count). The largest absolute Gasteiger partial charge is 0.368 e. The van der Waals surface area contributed by atoms with Crippen LogP contribution in [0.25, 0.3) is 0 Å². The number of primary amides is 1. The van der Waals surface area contributed by atoms with E-state index in [9.17, 15) is 4.79 Å². The number of hydrogen-bond donors (Lipinski definition) is 1. The van der Waals surface area contributed by atoms with Crippen molar-refractivity contribution in [3.63, 3.8) is 0 Å².